The Labute approximate surface area is 157 Å². The monoisotopic (exact) mass is 389 g/mol. The number of alkyl halides is 3. The Kier molecular flexibility index (Phi) is 4.37. The van der Waals surface area contributed by atoms with E-state index >= 15 is 0 Å². The van der Waals surface area contributed by atoms with Gasteiger partial charge in [-0.05, 0) is 37.3 Å². The Morgan fingerprint density at radius 3 is 2.61 bits per heavy atom. The van der Waals surface area contributed by atoms with Gasteiger partial charge in [0.05, 0.1) is 23.1 Å². The molecule has 1 aromatic carbocycles. The summed E-state index contributed by atoms with van der Waals surface area (Å²) in [5.74, 6) is 0.408. The van der Waals surface area contributed by atoms with Crippen LogP contribution in [-0.4, -0.2) is 24.1 Å². The van der Waals surface area contributed by atoms with Gasteiger partial charge in [-0.2, -0.15) is 17.6 Å². The maximum atomic E-state index is 13.5. The Balaban J connectivity index is 1.76. The summed E-state index contributed by atoms with van der Waals surface area (Å²) in [6, 6.07) is 7.96. The summed E-state index contributed by atoms with van der Waals surface area (Å²) in [5, 5.41) is 0. The zero-order chi connectivity index (χ0) is 19.9. The van der Waals surface area contributed by atoms with Crippen LogP contribution in [0.25, 0.3) is 22.6 Å². The van der Waals surface area contributed by atoms with Gasteiger partial charge in [-0.1, -0.05) is 6.07 Å². The van der Waals surface area contributed by atoms with E-state index < -0.39 is 17.7 Å². The molecule has 0 spiro atoms. The van der Waals surface area contributed by atoms with E-state index in [9.17, 15) is 17.6 Å². The van der Waals surface area contributed by atoms with Gasteiger partial charge in [0, 0.05) is 18.9 Å². The summed E-state index contributed by atoms with van der Waals surface area (Å²) >= 11 is 0. The average molecular weight is 389 g/mol. The molecule has 0 atom stereocenters. The van der Waals surface area contributed by atoms with E-state index in [0.29, 0.717) is 29.4 Å². The van der Waals surface area contributed by atoms with Gasteiger partial charge < -0.3 is 9.13 Å². The van der Waals surface area contributed by atoms with Crippen molar-refractivity contribution in [1.29, 1.82) is 0 Å². The second-order valence-corrected chi connectivity index (χ2v) is 6.20. The number of nitrogens with zero attached hydrogens (tertiary/aromatic N) is 5. The number of aromatic nitrogens is 5. The molecule has 0 unspecified atom stereocenters. The van der Waals surface area contributed by atoms with Crippen molar-refractivity contribution < 1.29 is 17.6 Å². The molecule has 0 fully saturated rings. The molecule has 4 aromatic rings. The third-order valence-corrected chi connectivity index (χ3v) is 4.44. The first-order valence-electron chi connectivity index (χ1n) is 8.57. The summed E-state index contributed by atoms with van der Waals surface area (Å²) in [4.78, 5) is 12.5. The normalized spacial score (nSPS) is 12.0. The first-order valence-corrected chi connectivity index (χ1v) is 8.57. The third-order valence-electron chi connectivity index (χ3n) is 4.44. The van der Waals surface area contributed by atoms with Crippen LogP contribution in [0.5, 0.6) is 0 Å². The quantitative estimate of drug-likeness (QED) is 0.381. The number of pyridine rings is 1. The van der Waals surface area contributed by atoms with E-state index in [-0.39, 0.29) is 12.1 Å². The lowest BCUT2D eigenvalue weighted by Crippen LogP contribution is -2.09. The van der Waals surface area contributed by atoms with Crippen LogP contribution >= 0.6 is 0 Å². The lowest BCUT2D eigenvalue weighted by molar-refractivity contribution is -0.137. The molecule has 0 aliphatic heterocycles. The molecule has 0 radical (unpaired) electrons. The zero-order valence-corrected chi connectivity index (χ0v) is 14.8. The second kappa shape index (κ2) is 6.74. The summed E-state index contributed by atoms with van der Waals surface area (Å²) in [6.45, 7) is 2.70. The maximum Gasteiger partial charge on any atom is 0.416 e. The first-order chi connectivity index (χ1) is 13.4. The number of fused-ring (bicyclic) bond motifs is 1. The zero-order valence-electron chi connectivity index (χ0n) is 14.8. The van der Waals surface area contributed by atoms with Crippen LogP contribution in [-0.2, 0) is 19.3 Å². The van der Waals surface area contributed by atoms with Crippen LogP contribution in [0.3, 0.4) is 0 Å². The molecule has 3 heterocycles. The molecule has 0 saturated heterocycles. The molecule has 0 N–H and O–H groups in total. The summed E-state index contributed by atoms with van der Waals surface area (Å²) < 4.78 is 56.0. The highest BCUT2D eigenvalue weighted by molar-refractivity contribution is 5.77. The van der Waals surface area contributed by atoms with Crippen molar-refractivity contribution in [3.8, 4) is 11.5 Å². The fourth-order valence-electron chi connectivity index (χ4n) is 3.18. The Morgan fingerprint density at radius 2 is 1.89 bits per heavy atom. The fourth-order valence-corrected chi connectivity index (χ4v) is 3.18. The van der Waals surface area contributed by atoms with E-state index in [1.165, 1.54) is 18.2 Å². The standard InChI is InChI=1S/C19H15F4N5/c1-2-28-15-7-6-12(19(21,22)23)10-14(15)26-17(28)11-27-9-8-24-18(27)13-4-3-5-16(20)25-13/h3-10H,2,11H2,1H3. The third kappa shape index (κ3) is 3.23. The molecule has 0 saturated carbocycles. The van der Waals surface area contributed by atoms with Gasteiger partial charge in [0.2, 0.25) is 5.95 Å². The average Bonchev–Trinajstić information content (AvgIpc) is 3.24. The molecule has 9 heteroatoms. The van der Waals surface area contributed by atoms with Gasteiger partial charge in [-0.15, -0.1) is 0 Å². The second-order valence-electron chi connectivity index (χ2n) is 6.20. The van der Waals surface area contributed by atoms with Crippen molar-refractivity contribution in [2.75, 3.05) is 0 Å². The minimum absolute atomic E-state index is 0.261. The van der Waals surface area contributed by atoms with Crippen molar-refractivity contribution in [3.63, 3.8) is 0 Å². The van der Waals surface area contributed by atoms with Crippen LogP contribution in [0.15, 0.2) is 48.8 Å². The predicted octanol–water partition coefficient (Wildman–Crippen LogP) is 4.52. The lowest BCUT2D eigenvalue weighted by atomic mass is 10.2. The lowest BCUT2D eigenvalue weighted by Gasteiger charge is -2.10. The summed E-state index contributed by atoms with van der Waals surface area (Å²) in [5.41, 5.74) is 0.524. The molecule has 28 heavy (non-hydrogen) atoms. The summed E-state index contributed by atoms with van der Waals surface area (Å²) in [6.07, 6.45) is -1.17. The topological polar surface area (TPSA) is 48.5 Å². The minimum Gasteiger partial charge on any atom is -0.327 e. The van der Waals surface area contributed by atoms with Gasteiger partial charge in [0.1, 0.15) is 11.5 Å². The van der Waals surface area contributed by atoms with E-state index in [2.05, 4.69) is 15.0 Å². The van der Waals surface area contributed by atoms with E-state index in [4.69, 9.17) is 0 Å². The molecule has 4 rings (SSSR count). The summed E-state index contributed by atoms with van der Waals surface area (Å²) in [7, 11) is 0. The van der Waals surface area contributed by atoms with Crippen molar-refractivity contribution in [2.45, 2.75) is 26.2 Å². The number of aryl methyl sites for hydroxylation is 1. The number of rotatable bonds is 4. The van der Waals surface area contributed by atoms with Crippen LogP contribution in [0.1, 0.15) is 18.3 Å². The molecular formula is C19H15F4N5. The largest absolute Gasteiger partial charge is 0.416 e. The van der Waals surface area contributed by atoms with E-state index in [0.717, 1.165) is 12.1 Å². The molecule has 3 aromatic heterocycles. The number of halogens is 4. The van der Waals surface area contributed by atoms with Crippen molar-refractivity contribution in [2.24, 2.45) is 0 Å². The van der Waals surface area contributed by atoms with Crippen molar-refractivity contribution >= 4 is 11.0 Å². The Hall–Kier alpha value is -3.23. The molecule has 0 amide bonds. The molecule has 5 nitrogen and oxygen atoms in total. The Bertz CT molecular complexity index is 1140. The number of benzene rings is 1. The molecule has 0 aliphatic carbocycles. The van der Waals surface area contributed by atoms with Crippen molar-refractivity contribution in [3.05, 3.63) is 66.1 Å². The van der Waals surface area contributed by atoms with Crippen LogP contribution in [0.2, 0.25) is 0 Å². The van der Waals surface area contributed by atoms with E-state index in [1.54, 1.807) is 23.0 Å². The van der Waals surface area contributed by atoms with Crippen LogP contribution in [0, 0.1) is 5.95 Å². The smallest absolute Gasteiger partial charge is 0.327 e. The number of imidazole rings is 2. The molecular weight excluding hydrogens is 374 g/mol. The maximum absolute atomic E-state index is 13.5. The molecule has 0 bridgehead atoms. The number of hydrogen-bond acceptors (Lipinski definition) is 3. The van der Waals surface area contributed by atoms with Gasteiger partial charge >= 0.3 is 6.18 Å². The van der Waals surface area contributed by atoms with Gasteiger partial charge in [0.25, 0.3) is 0 Å². The number of hydrogen-bond donors (Lipinski definition) is 0. The SMILES string of the molecule is CCn1c(Cn2ccnc2-c2cccc(F)n2)nc2cc(C(F)(F)F)ccc21. The predicted molar refractivity (Wildman–Crippen MR) is 94.9 cm³/mol. The highest BCUT2D eigenvalue weighted by Crippen LogP contribution is 2.31. The highest BCUT2D eigenvalue weighted by Gasteiger charge is 2.31. The Morgan fingerprint density at radius 1 is 1.07 bits per heavy atom. The minimum atomic E-state index is -4.43. The molecule has 144 valence electrons. The molecule has 0 aliphatic rings. The van der Waals surface area contributed by atoms with Crippen molar-refractivity contribution in [1.82, 2.24) is 24.1 Å². The van der Waals surface area contributed by atoms with Gasteiger partial charge in [-0.3, -0.25) is 0 Å². The van der Waals surface area contributed by atoms with Gasteiger partial charge in [0.15, 0.2) is 5.82 Å². The van der Waals surface area contributed by atoms with Crippen LogP contribution < -0.4 is 0 Å². The van der Waals surface area contributed by atoms with E-state index in [1.807, 2.05) is 11.5 Å². The van der Waals surface area contributed by atoms with Gasteiger partial charge in [-0.25, -0.2) is 15.0 Å². The highest BCUT2D eigenvalue weighted by atomic mass is 19.4. The first kappa shape index (κ1) is 18.1. The fraction of sp³-hybridized carbons (Fsp3) is 0.211. The van der Waals surface area contributed by atoms with Crippen LogP contribution in [0.4, 0.5) is 17.6 Å².